The SMILES string of the molecule is CCCCCNC(=NCC(C)C)NCC.I. The molecule has 0 aliphatic heterocycles. The van der Waals surface area contributed by atoms with Gasteiger partial charge >= 0.3 is 0 Å². The van der Waals surface area contributed by atoms with Gasteiger partial charge in [-0.2, -0.15) is 0 Å². The third-order valence-corrected chi connectivity index (χ3v) is 2.03. The van der Waals surface area contributed by atoms with Crippen molar-refractivity contribution in [3.63, 3.8) is 0 Å². The smallest absolute Gasteiger partial charge is 0.191 e. The molecular formula is C12H28IN3. The monoisotopic (exact) mass is 341 g/mol. The van der Waals surface area contributed by atoms with E-state index in [0.717, 1.165) is 25.6 Å². The number of nitrogens with zero attached hydrogens (tertiary/aromatic N) is 1. The molecule has 0 rings (SSSR count). The predicted molar refractivity (Wildman–Crippen MR) is 83.8 cm³/mol. The van der Waals surface area contributed by atoms with Crippen molar-refractivity contribution in [3.05, 3.63) is 0 Å². The first-order valence-corrected chi connectivity index (χ1v) is 6.22. The molecule has 0 radical (unpaired) electrons. The normalized spacial score (nSPS) is 11.2. The summed E-state index contributed by atoms with van der Waals surface area (Å²) < 4.78 is 0. The number of halogens is 1. The van der Waals surface area contributed by atoms with Crippen molar-refractivity contribution in [2.24, 2.45) is 10.9 Å². The second-order valence-corrected chi connectivity index (χ2v) is 4.25. The summed E-state index contributed by atoms with van der Waals surface area (Å²) in [6, 6.07) is 0. The van der Waals surface area contributed by atoms with Crippen LogP contribution in [0.1, 0.15) is 47.0 Å². The Kier molecular flexibility index (Phi) is 15.0. The fourth-order valence-electron chi connectivity index (χ4n) is 1.20. The molecule has 0 aliphatic carbocycles. The van der Waals surface area contributed by atoms with Gasteiger partial charge in [0.1, 0.15) is 0 Å². The molecule has 0 atom stereocenters. The summed E-state index contributed by atoms with van der Waals surface area (Å²) in [5.41, 5.74) is 0. The average molecular weight is 341 g/mol. The Bertz CT molecular complexity index is 170. The first kappa shape index (κ1) is 18.4. The van der Waals surface area contributed by atoms with E-state index in [0.29, 0.717) is 5.92 Å². The highest BCUT2D eigenvalue weighted by Gasteiger charge is 1.97. The van der Waals surface area contributed by atoms with Crippen LogP contribution >= 0.6 is 24.0 Å². The molecule has 0 saturated heterocycles. The van der Waals surface area contributed by atoms with Crippen molar-refractivity contribution in [1.29, 1.82) is 0 Å². The van der Waals surface area contributed by atoms with Gasteiger partial charge in [0.15, 0.2) is 5.96 Å². The van der Waals surface area contributed by atoms with E-state index < -0.39 is 0 Å². The summed E-state index contributed by atoms with van der Waals surface area (Å²) in [4.78, 5) is 4.51. The zero-order valence-corrected chi connectivity index (χ0v) is 13.5. The number of aliphatic imine (C=N–C) groups is 1. The first-order chi connectivity index (χ1) is 7.20. The van der Waals surface area contributed by atoms with Crippen LogP contribution in [0.4, 0.5) is 0 Å². The molecule has 3 nitrogen and oxygen atoms in total. The van der Waals surface area contributed by atoms with E-state index in [1.807, 2.05) is 0 Å². The predicted octanol–water partition coefficient (Wildman–Crippen LogP) is 3.01. The molecule has 0 aromatic carbocycles. The van der Waals surface area contributed by atoms with Gasteiger partial charge < -0.3 is 10.6 Å². The third kappa shape index (κ3) is 12.1. The zero-order valence-electron chi connectivity index (χ0n) is 11.2. The van der Waals surface area contributed by atoms with Crippen molar-refractivity contribution in [3.8, 4) is 0 Å². The van der Waals surface area contributed by atoms with Crippen LogP contribution in [0.5, 0.6) is 0 Å². The molecule has 98 valence electrons. The van der Waals surface area contributed by atoms with E-state index >= 15 is 0 Å². The molecule has 0 aromatic heterocycles. The van der Waals surface area contributed by atoms with Crippen LogP contribution in [-0.4, -0.2) is 25.6 Å². The Hall–Kier alpha value is 0. The highest BCUT2D eigenvalue weighted by molar-refractivity contribution is 14.0. The average Bonchev–Trinajstić information content (AvgIpc) is 2.20. The van der Waals surface area contributed by atoms with Crippen molar-refractivity contribution < 1.29 is 0 Å². The summed E-state index contributed by atoms with van der Waals surface area (Å²) in [6.07, 6.45) is 3.78. The van der Waals surface area contributed by atoms with E-state index in [2.05, 4.69) is 43.3 Å². The number of unbranched alkanes of at least 4 members (excludes halogenated alkanes) is 2. The van der Waals surface area contributed by atoms with Crippen LogP contribution in [0.15, 0.2) is 4.99 Å². The van der Waals surface area contributed by atoms with Gasteiger partial charge in [-0.1, -0.05) is 33.6 Å². The fraction of sp³-hybridized carbons (Fsp3) is 0.917. The van der Waals surface area contributed by atoms with Crippen LogP contribution in [0.3, 0.4) is 0 Å². The number of hydrogen-bond acceptors (Lipinski definition) is 1. The van der Waals surface area contributed by atoms with Crippen molar-refractivity contribution in [1.82, 2.24) is 10.6 Å². The largest absolute Gasteiger partial charge is 0.357 e. The molecule has 4 heteroatoms. The third-order valence-electron chi connectivity index (χ3n) is 2.03. The summed E-state index contributed by atoms with van der Waals surface area (Å²) in [5.74, 6) is 1.58. The highest BCUT2D eigenvalue weighted by Crippen LogP contribution is 1.93. The molecule has 0 aromatic rings. The maximum atomic E-state index is 4.51. The van der Waals surface area contributed by atoms with Crippen molar-refractivity contribution in [2.45, 2.75) is 47.0 Å². The zero-order chi connectivity index (χ0) is 11.5. The quantitative estimate of drug-likeness (QED) is 0.323. The van der Waals surface area contributed by atoms with Gasteiger partial charge in [0, 0.05) is 19.6 Å². The van der Waals surface area contributed by atoms with Crippen LogP contribution in [0.25, 0.3) is 0 Å². The van der Waals surface area contributed by atoms with Crippen LogP contribution in [0.2, 0.25) is 0 Å². The standard InChI is InChI=1S/C12H27N3.HI/c1-5-7-8-9-14-12(13-6-2)15-10-11(3)4;/h11H,5-10H2,1-4H3,(H2,13,14,15);1H. The molecule has 2 N–H and O–H groups in total. The molecule has 0 heterocycles. The molecule has 0 aliphatic rings. The lowest BCUT2D eigenvalue weighted by molar-refractivity contribution is 0.648. The van der Waals surface area contributed by atoms with Crippen LogP contribution < -0.4 is 10.6 Å². The fourth-order valence-corrected chi connectivity index (χ4v) is 1.20. The van der Waals surface area contributed by atoms with E-state index in [4.69, 9.17) is 0 Å². The Morgan fingerprint density at radius 1 is 1.12 bits per heavy atom. The van der Waals surface area contributed by atoms with Crippen molar-refractivity contribution >= 4 is 29.9 Å². The molecular weight excluding hydrogens is 313 g/mol. The lowest BCUT2D eigenvalue weighted by atomic mass is 10.2. The van der Waals surface area contributed by atoms with E-state index in [9.17, 15) is 0 Å². The van der Waals surface area contributed by atoms with Crippen molar-refractivity contribution in [2.75, 3.05) is 19.6 Å². The van der Waals surface area contributed by atoms with E-state index in [1.165, 1.54) is 19.3 Å². The lowest BCUT2D eigenvalue weighted by Gasteiger charge is -2.11. The minimum Gasteiger partial charge on any atom is -0.357 e. The highest BCUT2D eigenvalue weighted by atomic mass is 127. The Labute approximate surface area is 118 Å². The molecule has 0 fully saturated rings. The van der Waals surface area contributed by atoms with Gasteiger partial charge in [0.05, 0.1) is 0 Å². The van der Waals surface area contributed by atoms with Gasteiger partial charge in [-0.05, 0) is 19.3 Å². The van der Waals surface area contributed by atoms with Crippen LogP contribution in [-0.2, 0) is 0 Å². The summed E-state index contributed by atoms with van der Waals surface area (Å²) in [7, 11) is 0. The van der Waals surface area contributed by atoms with Gasteiger partial charge in [0.25, 0.3) is 0 Å². The second kappa shape index (κ2) is 13.1. The molecule has 16 heavy (non-hydrogen) atoms. The van der Waals surface area contributed by atoms with E-state index in [-0.39, 0.29) is 24.0 Å². The maximum absolute atomic E-state index is 4.51. The number of guanidine groups is 1. The van der Waals surface area contributed by atoms with E-state index in [1.54, 1.807) is 0 Å². The Morgan fingerprint density at radius 3 is 2.31 bits per heavy atom. The second-order valence-electron chi connectivity index (χ2n) is 4.25. The molecule has 0 spiro atoms. The van der Waals surface area contributed by atoms with Gasteiger partial charge in [-0.25, -0.2) is 0 Å². The molecule has 0 unspecified atom stereocenters. The maximum Gasteiger partial charge on any atom is 0.191 e. The minimum absolute atomic E-state index is 0. The Morgan fingerprint density at radius 2 is 1.81 bits per heavy atom. The Balaban J connectivity index is 0. The number of rotatable bonds is 7. The molecule has 0 bridgehead atoms. The summed E-state index contributed by atoms with van der Waals surface area (Å²) >= 11 is 0. The van der Waals surface area contributed by atoms with Gasteiger partial charge in [0.2, 0.25) is 0 Å². The first-order valence-electron chi connectivity index (χ1n) is 6.22. The minimum atomic E-state index is 0. The van der Waals surface area contributed by atoms with Gasteiger partial charge in [-0.15, -0.1) is 24.0 Å². The number of nitrogens with one attached hydrogen (secondary N) is 2. The molecule has 0 amide bonds. The summed E-state index contributed by atoms with van der Waals surface area (Å²) in [6.45, 7) is 11.5. The lowest BCUT2D eigenvalue weighted by Crippen LogP contribution is -2.38. The summed E-state index contributed by atoms with van der Waals surface area (Å²) in [5, 5.41) is 6.60. The number of hydrogen-bond donors (Lipinski definition) is 2. The van der Waals surface area contributed by atoms with Gasteiger partial charge in [-0.3, -0.25) is 4.99 Å². The molecule has 0 saturated carbocycles. The topological polar surface area (TPSA) is 36.4 Å². The van der Waals surface area contributed by atoms with Crippen LogP contribution in [0, 0.1) is 5.92 Å².